The van der Waals surface area contributed by atoms with E-state index in [1.807, 2.05) is 6.07 Å². The Morgan fingerprint density at radius 1 is 1.19 bits per heavy atom. The number of rotatable bonds is 5. The summed E-state index contributed by atoms with van der Waals surface area (Å²) in [4.78, 5) is 26.9. The summed E-state index contributed by atoms with van der Waals surface area (Å²) in [5.41, 5.74) is 1.96. The summed E-state index contributed by atoms with van der Waals surface area (Å²) < 4.78 is 5.00. The Bertz CT molecular complexity index is 766. The number of amides is 2. The Kier molecular flexibility index (Phi) is 4.53. The van der Waals surface area contributed by atoms with E-state index in [9.17, 15) is 9.59 Å². The quantitative estimate of drug-likeness (QED) is 0.900. The Hall–Kier alpha value is -2.56. The average Bonchev–Trinajstić information content (AvgIpc) is 3.29. The van der Waals surface area contributed by atoms with Crippen LogP contribution in [0.4, 0.5) is 0 Å². The van der Waals surface area contributed by atoms with Crippen LogP contribution in [0.15, 0.2) is 53.3 Å². The predicted octanol–water partition coefficient (Wildman–Crippen LogP) is 2.98. The molecule has 1 saturated heterocycles. The molecule has 1 aliphatic carbocycles. The van der Waals surface area contributed by atoms with Crippen LogP contribution in [0.3, 0.4) is 0 Å². The Labute approximate surface area is 153 Å². The van der Waals surface area contributed by atoms with Gasteiger partial charge in [0.05, 0.1) is 17.7 Å². The Morgan fingerprint density at radius 2 is 2.00 bits per heavy atom. The summed E-state index contributed by atoms with van der Waals surface area (Å²) in [6.45, 7) is 1.86. The molecular formula is C21H24N2O3. The highest BCUT2D eigenvalue weighted by Gasteiger charge is 2.44. The fourth-order valence-corrected chi connectivity index (χ4v) is 3.86. The first-order valence-electron chi connectivity index (χ1n) is 9.33. The van der Waals surface area contributed by atoms with Crippen LogP contribution in [0.1, 0.15) is 41.6 Å². The molecule has 2 aromatic rings. The van der Waals surface area contributed by atoms with Crippen LogP contribution in [0.25, 0.3) is 0 Å². The average molecular weight is 352 g/mol. The first-order valence-corrected chi connectivity index (χ1v) is 9.33. The van der Waals surface area contributed by atoms with E-state index in [4.69, 9.17) is 4.42 Å². The van der Waals surface area contributed by atoms with Crippen LogP contribution >= 0.6 is 0 Å². The first kappa shape index (κ1) is 16.9. The lowest BCUT2D eigenvalue weighted by molar-refractivity contribution is -0.126. The standard InChI is InChI=1S/C21H24N2O3/c24-19(22-15-21(9-10-21)18-6-2-1-3-7-18)16-5-4-11-23(13-16)20(25)17-8-12-26-14-17/h1-3,6-8,12,14,16H,4-5,9-11,13,15H2,(H,22,24). The van der Waals surface area contributed by atoms with Gasteiger partial charge in [0.25, 0.3) is 5.91 Å². The second kappa shape index (κ2) is 6.98. The van der Waals surface area contributed by atoms with Crippen molar-refractivity contribution in [3.63, 3.8) is 0 Å². The van der Waals surface area contributed by atoms with Crippen molar-refractivity contribution in [2.75, 3.05) is 19.6 Å². The molecule has 0 radical (unpaired) electrons. The Morgan fingerprint density at radius 3 is 2.69 bits per heavy atom. The molecule has 1 aromatic carbocycles. The number of carbonyl (C=O) groups excluding carboxylic acids is 2. The smallest absolute Gasteiger partial charge is 0.257 e. The summed E-state index contributed by atoms with van der Waals surface area (Å²) in [6, 6.07) is 12.1. The van der Waals surface area contributed by atoms with Gasteiger partial charge >= 0.3 is 0 Å². The Balaban J connectivity index is 1.34. The SMILES string of the molecule is O=C(NCC1(c2ccccc2)CC1)C1CCCN(C(=O)c2ccoc2)C1. The maximum Gasteiger partial charge on any atom is 0.257 e. The number of furan rings is 1. The maximum absolute atomic E-state index is 12.7. The summed E-state index contributed by atoms with van der Waals surface area (Å²) in [5.74, 6) is -0.123. The first-order chi connectivity index (χ1) is 12.7. The van der Waals surface area contributed by atoms with Crippen LogP contribution in [0, 0.1) is 5.92 Å². The molecule has 1 N–H and O–H groups in total. The second-order valence-corrected chi connectivity index (χ2v) is 7.47. The van der Waals surface area contributed by atoms with Crippen molar-refractivity contribution in [2.45, 2.75) is 31.1 Å². The van der Waals surface area contributed by atoms with Crippen molar-refractivity contribution in [3.05, 3.63) is 60.1 Å². The normalized spacial score (nSPS) is 21.2. The molecule has 5 nitrogen and oxygen atoms in total. The molecule has 26 heavy (non-hydrogen) atoms. The van der Waals surface area contributed by atoms with Crippen LogP contribution in [-0.2, 0) is 10.2 Å². The van der Waals surface area contributed by atoms with E-state index in [1.165, 1.54) is 18.1 Å². The van der Waals surface area contributed by atoms with E-state index in [2.05, 4.69) is 29.6 Å². The number of benzene rings is 1. The number of nitrogens with one attached hydrogen (secondary N) is 1. The zero-order valence-electron chi connectivity index (χ0n) is 14.8. The number of carbonyl (C=O) groups is 2. The minimum atomic E-state index is -0.133. The molecule has 0 bridgehead atoms. The van der Waals surface area contributed by atoms with Gasteiger partial charge in [0, 0.05) is 25.0 Å². The predicted molar refractivity (Wildman–Crippen MR) is 97.7 cm³/mol. The zero-order chi connectivity index (χ0) is 18.0. The third kappa shape index (κ3) is 3.39. The van der Waals surface area contributed by atoms with Crippen molar-refractivity contribution >= 4 is 11.8 Å². The summed E-state index contributed by atoms with van der Waals surface area (Å²) in [6.07, 6.45) is 6.88. The molecule has 1 aromatic heterocycles. The highest BCUT2D eigenvalue weighted by atomic mass is 16.3. The summed E-state index contributed by atoms with van der Waals surface area (Å²) >= 11 is 0. The van der Waals surface area contributed by atoms with Gasteiger partial charge < -0.3 is 14.6 Å². The molecule has 2 aliphatic rings. The van der Waals surface area contributed by atoms with Crippen molar-refractivity contribution in [3.8, 4) is 0 Å². The van der Waals surface area contributed by atoms with E-state index < -0.39 is 0 Å². The van der Waals surface area contributed by atoms with Crippen molar-refractivity contribution in [1.29, 1.82) is 0 Å². The van der Waals surface area contributed by atoms with E-state index in [-0.39, 0.29) is 23.1 Å². The topological polar surface area (TPSA) is 62.6 Å². The molecule has 1 aliphatic heterocycles. The van der Waals surface area contributed by atoms with E-state index in [0.29, 0.717) is 25.2 Å². The third-order valence-electron chi connectivity index (χ3n) is 5.69. The lowest BCUT2D eigenvalue weighted by Gasteiger charge is -2.32. The van der Waals surface area contributed by atoms with Crippen molar-refractivity contribution < 1.29 is 14.0 Å². The van der Waals surface area contributed by atoms with Crippen molar-refractivity contribution in [2.24, 2.45) is 5.92 Å². The summed E-state index contributed by atoms with van der Waals surface area (Å²) in [5, 5.41) is 3.15. The summed E-state index contributed by atoms with van der Waals surface area (Å²) in [7, 11) is 0. The molecule has 1 atom stereocenters. The number of hydrogen-bond acceptors (Lipinski definition) is 3. The molecule has 1 unspecified atom stereocenters. The zero-order valence-corrected chi connectivity index (χ0v) is 14.8. The van der Waals surface area contributed by atoms with E-state index in [1.54, 1.807) is 11.0 Å². The monoisotopic (exact) mass is 352 g/mol. The fourth-order valence-electron chi connectivity index (χ4n) is 3.86. The molecule has 136 valence electrons. The number of nitrogens with zero attached hydrogens (tertiary/aromatic N) is 1. The highest BCUT2D eigenvalue weighted by Crippen LogP contribution is 2.47. The van der Waals surface area contributed by atoms with Gasteiger partial charge in [0.2, 0.25) is 5.91 Å². The lowest BCUT2D eigenvalue weighted by atomic mass is 9.94. The molecule has 0 spiro atoms. The molecule has 2 fully saturated rings. The number of piperidine rings is 1. The molecular weight excluding hydrogens is 328 g/mol. The van der Waals surface area contributed by atoms with Gasteiger partial charge in [-0.25, -0.2) is 0 Å². The molecule has 1 saturated carbocycles. The van der Waals surface area contributed by atoms with Crippen LogP contribution in [-0.4, -0.2) is 36.3 Å². The van der Waals surface area contributed by atoms with Gasteiger partial charge in [0.15, 0.2) is 0 Å². The van der Waals surface area contributed by atoms with Gasteiger partial charge in [-0.15, -0.1) is 0 Å². The van der Waals surface area contributed by atoms with Gasteiger partial charge in [-0.3, -0.25) is 9.59 Å². The van der Waals surface area contributed by atoms with Gasteiger partial charge in [0.1, 0.15) is 6.26 Å². The molecule has 2 heterocycles. The highest BCUT2D eigenvalue weighted by molar-refractivity contribution is 5.94. The van der Waals surface area contributed by atoms with Crippen LogP contribution in [0.5, 0.6) is 0 Å². The van der Waals surface area contributed by atoms with Crippen LogP contribution < -0.4 is 5.32 Å². The van der Waals surface area contributed by atoms with Gasteiger partial charge in [-0.05, 0) is 37.3 Å². The van der Waals surface area contributed by atoms with Gasteiger partial charge in [-0.1, -0.05) is 30.3 Å². The fraction of sp³-hybridized carbons (Fsp3) is 0.429. The minimum absolute atomic E-state index is 0.0563. The van der Waals surface area contributed by atoms with Crippen LogP contribution in [0.2, 0.25) is 0 Å². The third-order valence-corrected chi connectivity index (χ3v) is 5.69. The van der Waals surface area contributed by atoms with E-state index >= 15 is 0 Å². The van der Waals surface area contributed by atoms with Gasteiger partial charge in [-0.2, -0.15) is 0 Å². The number of likely N-dealkylation sites (tertiary alicyclic amines) is 1. The second-order valence-electron chi connectivity index (χ2n) is 7.47. The van der Waals surface area contributed by atoms with E-state index in [0.717, 1.165) is 25.7 Å². The lowest BCUT2D eigenvalue weighted by Crippen LogP contribution is -2.46. The molecule has 5 heteroatoms. The molecule has 2 amide bonds. The number of hydrogen-bond donors (Lipinski definition) is 1. The molecule has 4 rings (SSSR count). The van der Waals surface area contributed by atoms with Crippen molar-refractivity contribution in [1.82, 2.24) is 10.2 Å². The maximum atomic E-state index is 12.7. The minimum Gasteiger partial charge on any atom is -0.472 e. The largest absolute Gasteiger partial charge is 0.472 e.